The van der Waals surface area contributed by atoms with E-state index in [9.17, 15) is 0 Å². The molecule has 3 nitrogen and oxygen atoms in total. The van der Waals surface area contributed by atoms with Gasteiger partial charge in [-0.2, -0.15) is 0 Å². The van der Waals surface area contributed by atoms with Crippen LogP contribution in [0.2, 0.25) is 0 Å². The number of hydrogen-bond donors (Lipinski definition) is 0. The summed E-state index contributed by atoms with van der Waals surface area (Å²) in [4.78, 5) is 14.8. The summed E-state index contributed by atoms with van der Waals surface area (Å²) in [7, 11) is 0. The van der Waals surface area contributed by atoms with E-state index in [2.05, 4.69) is 187 Å². The number of rotatable bonds is 6. The largest absolute Gasteiger partial charge is 0.264 e. The van der Waals surface area contributed by atoms with Crippen molar-refractivity contribution in [3.05, 3.63) is 200 Å². The zero-order chi connectivity index (χ0) is 37.0. The molecule has 0 aliphatic carbocycles. The van der Waals surface area contributed by atoms with Gasteiger partial charge in [-0.1, -0.05) is 164 Å². The molecule has 56 heavy (non-hydrogen) atoms. The summed E-state index contributed by atoms with van der Waals surface area (Å²) >= 11 is 0. The molecule has 0 unspecified atom stereocenters. The van der Waals surface area contributed by atoms with Gasteiger partial charge in [0, 0.05) is 34.6 Å². The van der Waals surface area contributed by atoms with Gasteiger partial charge in [-0.15, -0.1) is 0 Å². The third-order valence-electron chi connectivity index (χ3n) is 11.1. The highest BCUT2D eigenvalue weighted by molar-refractivity contribution is 6.25. The summed E-state index contributed by atoms with van der Waals surface area (Å²) in [6.07, 6.45) is 3.70. The quantitative estimate of drug-likeness (QED) is 0.161. The molecule has 0 aliphatic rings. The van der Waals surface area contributed by atoms with Crippen LogP contribution in [0.4, 0.5) is 0 Å². The van der Waals surface area contributed by atoms with Gasteiger partial charge in [-0.3, -0.25) is 4.98 Å². The van der Waals surface area contributed by atoms with Crippen LogP contribution in [0, 0.1) is 0 Å². The Hall–Kier alpha value is -7.49. The molecule has 0 N–H and O–H groups in total. The second kappa shape index (κ2) is 13.1. The summed E-state index contributed by atoms with van der Waals surface area (Å²) in [5.41, 5.74) is 11.7. The third-order valence-corrected chi connectivity index (χ3v) is 11.1. The smallest absolute Gasteiger partial charge is 0.160 e. The van der Waals surface area contributed by atoms with Crippen molar-refractivity contribution < 1.29 is 0 Å². The van der Waals surface area contributed by atoms with Gasteiger partial charge >= 0.3 is 0 Å². The Bertz CT molecular complexity index is 3210. The SMILES string of the molecule is c1cncc(-c2cccc(-c3cc(-c4ccc(-c5ccc6ccc7cccc8ccc5c6c78)cc4)nc(-c4ccc(-c5ccc6ccccc6c5)cc4)n3)c2)c1. The van der Waals surface area contributed by atoms with E-state index in [1.165, 1.54) is 59.8 Å². The molecule has 0 saturated heterocycles. The molecule has 0 atom stereocenters. The lowest BCUT2D eigenvalue weighted by Crippen LogP contribution is -1.96. The summed E-state index contributed by atoms with van der Waals surface area (Å²) in [6.45, 7) is 0. The first kappa shape index (κ1) is 32.0. The highest BCUT2D eigenvalue weighted by atomic mass is 14.9. The van der Waals surface area contributed by atoms with Crippen LogP contribution >= 0.6 is 0 Å². The molecule has 0 spiro atoms. The van der Waals surface area contributed by atoms with Crippen molar-refractivity contribution in [3.8, 4) is 67.3 Å². The maximum atomic E-state index is 5.21. The topological polar surface area (TPSA) is 38.7 Å². The molecule has 0 fully saturated rings. The fourth-order valence-corrected chi connectivity index (χ4v) is 8.25. The number of hydrogen-bond acceptors (Lipinski definition) is 3. The van der Waals surface area contributed by atoms with Crippen LogP contribution in [0.15, 0.2) is 200 Å². The molecule has 3 heteroatoms. The second-order valence-electron chi connectivity index (χ2n) is 14.5. The standard InChI is InChI=1S/C53H33N3/c1-2-7-42-30-44(24-15-34(42)6-1)35-13-22-41(23-14-35)53-55-49(32-50(56-53)45-11-4-10-43(31-45)46-12-5-29-54-33-46)37-18-16-36(17-19-37)47-27-25-40-21-20-38-8-3-9-39-26-28-48(47)52(40)51(38)39/h1-33H. The lowest BCUT2D eigenvalue weighted by Gasteiger charge is -2.14. The average Bonchev–Trinajstić information content (AvgIpc) is 3.28. The molecule has 0 aliphatic heterocycles. The van der Waals surface area contributed by atoms with Gasteiger partial charge in [0.2, 0.25) is 0 Å². The Balaban J connectivity index is 1.00. The van der Waals surface area contributed by atoms with Crippen LogP contribution in [-0.2, 0) is 0 Å². The van der Waals surface area contributed by atoms with Gasteiger partial charge in [-0.05, 0) is 95.2 Å². The summed E-state index contributed by atoms with van der Waals surface area (Å²) in [5.74, 6) is 0.685. The molecule has 11 aromatic rings. The highest BCUT2D eigenvalue weighted by Crippen LogP contribution is 2.40. The molecule has 0 bridgehead atoms. The van der Waals surface area contributed by atoms with Crippen molar-refractivity contribution in [1.82, 2.24) is 15.0 Å². The van der Waals surface area contributed by atoms with E-state index in [1.54, 1.807) is 6.20 Å². The number of nitrogens with zero attached hydrogens (tertiary/aromatic N) is 3. The Morgan fingerprint density at radius 1 is 0.304 bits per heavy atom. The molecule has 2 aromatic heterocycles. The first-order chi connectivity index (χ1) is 27.7. The van der Waals surface area contributed by atoms with E-state index in [0.29, 0.717) is 5.82 Å². The van der Waals surface area contributed by atoms with Gasteiger partial charge in [0.05, 0.1) is 11.4 Å². The second-order valence-corrected chi connectivity index (χ2v) is 14.5. The van der Waals surface area contributed by atoms with Crippen LogP contribution in [0.3, 0.4) is 0 Å². The molecular weight excluding hydrogens is 679 g/mol. The normalized spacial score (nSPS) is 11.6. The average molecular weight is 712 g/mol. The minimum Gasteiger partial charge on any atom is -0.264 e. The summed E-state index contributed by atoms with van der Waals surface area (Å²) in [5, 5.41) is 10.2. The van der Waals surface area contributed by atoms with Gasteiger partial charge in [0.25, 0.3) is 0 Å². The third kappa shape index (κ3) is 5.57. The van der Waals surface area contributed by atoms with Crippen molar-refractivity contribution in [2.24, 2.45) is 0 Å². The van der Waals surface area contributed by atoms with Gasteiger partial charge in [0.1, 0.15) is 0 Å². The van der Waals surface area contributed by atoms with E-state index in [-0.39, 0.29) is 0 Å². The maximum absolute atomic E-state index is 5.21. The van der Waals surface area contributed by atoms with E-state index in [0.717, 1.165) is 44.8 Å². The van der Waals surface area contributed by atoms with Crippen molar-refractivity contribution in [1.29, 1.82) is 0 Å². The Kier molecular flexibility index (Phi) is 7.49. The number of aromatic nitrogens is 3. The number of fused-ring (bicyclic) bond motifs is 1. The summed E-state index contributed by atoms with van der Waals surface area (Å²) in [6, 6.07) is 67.3. The fraction of sp³-hybridized carbons (Fsp3) is 0. The number of pyridine rings is 1. The molecule has 0 amide bonds. The van der Waals surface area contributed by atoms with Gasteiger partial charge in [0.15, 0.2) is 5.82 Å². The van der Waals surface area contributed by atoms with Gasteiger partial charge in [-0.25, -0.2) is 9.97 Å². The molecule has 11 rings (SSSR count). The van der Waals surface area contributed by atoms with E-state index >= 15 is 0 Å². The lowest BCUT2D eigenvalue weighted by atomic mass is 9.89. The predicted molar refractivity (Wildman–Crippen MR) is 234 cm³/mol. The monoisotopic (exact) mass is 711 g/mol. The number of benzene rings is 9. The van der Waals surface area contributed by atoms with E-state index < -0.39 is 0 Å². The minimum absolute atomic E-state index is 0.685. The highest BCUT2D eigenvalue weighted by Gasteiger charge is 2.15. The molecule has 2 heterocycles. The van der Waals surface area contributed by atoms with Crippen molar-refractivity contribution in [3.63, 3.8) is 0 Å². The summed E-state index contributed by atoms with van der Waals surface area (Å²) < 4.78 is 0. The Morgan fingerprint density at radius 3 is 1.68 bits per heavy atom. The first-order valence-corrected chi connectivity index (χ1v) is 19.0. The predicted octanol–water partition coefficient (Wildman–Crippen LogP) is 13.9. The molecule has 0 radical (unpaired) electrons. The molecule has 260 valence electrons. The van der Waals surface area contributed by atoms with Gasteiger partial charge < -0.3 is 0 Å². The molecule has 9 aromatic carbocycles. The van der Waals surface area contributed by atoms with Crippen LogP contribution in [-0.4, -0.2) is 15.0 Å². The zero-order valence-corrected chi connectivity index (χ0v) is 30.4. The van der Waals surface area contributed by atoms with Crippen molar-refractivity contribution in [2.75, 3.05) is 0 Å². The zero-order valence-electron chi connectivity index (χ0n) is 30.4. The fourth-order valence-electron chi connectivity index (χ4n) is 8.25. The Labute approximate surface area is 324 Å². The van der Waals surface area contributed by atoms with Crippen molar-refractivity contribution >= 4 is 43.1 Å². The van der Waals surface area contributed by atoms with Crippen LogP contribution in [0.1, 0.15) is 0 Å². The van der Waals surface area contributed by atoms with Crippen molar-refractivity contribution in [2.45, 2.75) is 0 Å². The van der Waals surface area contributed by atoms with E-state index in [1.807, 2.05) is 12.3 Å². The van der Waals surface area contributed by atoms with Crippen LogP contribution in [0.25, 0.3) is 110 Å². The van der Waals surface area contributed by atoms with Crippen LogP contribution in [0.5, 0.6) is 0 Å². The first-order valence-electron chi connectivity index (χ1n) is 19.0. The lowest BCUT2D eigenvalue weighted by molar-refractivity contribution is 1.18. The van der Waals surface area contributed by atoms with Crippen LogP contribution < -0.4 is 0 Å². The molecular formula is C53H33N3. The Morgan fingerprint density at radius 2 is 0.875 bits per heavy atom. The molecule has 0 saturated carbocycles. The minimum atomic E-state index is 0.685. The maximum Gasteiger partial charge on any atom is 0.160 e. The van der Waals surface area contributed by atoms with E-state index in [4.69, 9.17) is 9.97 Å².